The molecule has 2 atom stereocenters. The Morgan fingerprint density at radius 3 is 2.58 bits per heavy atom. The SMILES string of the molecule is CCC(=O)N1CC(CC(C)(C)C)CC(NCCO)C1. The van der Waals surface area contributed by atoms with E-state index in [0.29, 0.717) is 30.3 Å². The number of nitrogens with zero attached hydrogens (tertiary/aromatic N) is 1. The van der Waals surface area contributed by atoms with Gasteiger partial charge in [-0.3, -0.25) is 4.79 Å². The van der Waals surface area contributed by atoms with Gasteiger partial charge >= 0.3 is 0 Å². The lowest BCUT2D eigenvalue weighted by Gasteiger charge is -2.40. The number of carbonyl (C=O) groups is 1. The van der Waals surface area contributed by atoms with Crippen LogP contribution in [0, 0.1) is 11.3 Å². The molecule has 19 heavy (non-hydrogen) atoms. The number of piperidine rings is 1. The summed E-state index contributed by atoms with van der Waals surface area (Å²) in [5, 5.41) is 12.3. The maximum atomic E-state index is 11.9. The number of carbonyl (C=O) groups excluding carboxylic acids is 1. The van der Waals surface area contributed by atoms with Gasteiger partial charge in [-0.25, -0.2) is 0 Å². The second-order valence-electron chi connectivity index (χ2n) is 6.89. The van der Waals surface area contributed by atoms with Gasteiger partial charge in [-0.15, -0.1) is 0 Å². The molecule has 0 spiro atoms. The van der Waals surface area contributed by atoms with Crippen molar-refractivity contribution < 1.29 is 9.90 Å². The lowest BCUT2D eigenvalue weighted by molar-refractivity contribution is -0.133. The zero-order chi connectivity index (χ0) is 14.5. The van der Waals surface area contributed by atoms with E-state index in [1.165, 1.54) is 0 Å². The van der Waals surface area contributed by atoms with Crippen LogP contribution in [0.5, 0.6) is 0 Å². The first kappa shape index (κ1) is 16.4. The quantitative estimate of drug-likeness (QED) is 0.798. The highest BCUT2D eigenvalue weighted by molar-refractivity contribution is 5.76. The van der Waals surface area contributed by atoms with Gasteiger partial charge in [0.25, 0.3) is 0 Å². The van der Waals surface area contributed by atoms with Crippen LogP contribution in [0.15, 0.2) is 0 Å². The lowest BCUT2D eigenvalue weighted by atomic mass is 9.80. The molecule has 1 fully saturated rings. The molecule has 1 heterocycles. The molecule has 0 aromatic carbocycles. The first-order chi connectivity index (χ1) is 8.85. The predicted octanol–water partition coefficient (Wildman–Crippen LogP) is 1.63. The van der Waals surface area contributed by atoms with Gasteiger partial charge in [0.2, 0.25) is 5.91 Å². The number of hydrogen-bond donors (Lipinski definition) is 2. The third-order valence-electron chi connectivity index (χ3n) is 3.64. The van der Waals surface area contributed by atoms with E-state index >= 15 is 0 Å². The van der Waals surface area contributed by atoms with Crippen LogP contribution in [0.4, 0.5) is 0 Å². The van der Waals surface area contributed by atoms with Crippen molar-refractivity contribution in [1.82, 2.24) is 10.2 Å². The molecule has 4 heteroatoms. The summed E-state index contributed by atoms with van der Waals surface area (Å²) < 4.78 is 0. The van der Waals surface area contributed by atoms with Gasteiger partial charge in [0.1, 0.15) is 0 Å². The average molecular weight is 270 g/mol. The average Bonchev–Trinajstić information content (AvgIpc) is 2.33. The second kappa shape index (κ2) is 7.25. The molecular formula is C15H30N2O2. The van der Waals surface area contributed by atoms with Crippen molar-refractivity contribution in [3.63, 3.8) is 0 Å². The van der Waals surface area contributed by atoms with Gasteiger partial charge in [0.05, 0.1) is 6.61 Å². The summed E-state index contributed by atoms with van der Waals surface area (Å²) >= 11 is 0. The van der Waals surface area contributed by atoms with Gasteiger partial charge in [-0.05, 0) is 24.2 Å². The smallest absolute Gasteiger partial charge is 0.222 e. The summed E-state index contributed by atoms with van der Waals surface area (Å²) in [5.74, 6) is 0.801. The van der Waals surface area contributed by atoms with Gasteiger partial charge in [0, 0.05) is 32.1 Å². The van der Waals surface area contributed by atoms with Crippen LogP contribution >= 0.6 is 0 Å². The molecule has 1 rings (SSSR count). The molecule has 2 unspecified atom stereocenters. The van der Waals surface area contributed by atoms with E-state index < -0.39 is 0 Å². The molecule has 1 saturated heterocycles. The zero-order valence-corrected chi connectivity index (χ0v) is 12.9. The first-order valence-corrected chi connectivity index (χ1v) is 7.47. The number of hydrogen-bond acceptors (Lipinski definition) is 3. The van der Waals surface area contributed by atoms with E-state index in [1.54, 1.807) is 0 Å². The Morgan fingerprint density at radius 1 is 1.37 bits per heavy atom. The Balaban J connectivity index is 2.63. The Morgan fingerprint density at radius 2 is 2.05 bits per heavy atom. The van der Waals surface area contributed by atoms with E-state index in [-0.39, 0.29) is 12.5 Å². The predicted molar refractivity (Wildman–Crippen MR) is 77.9 cm³/mol. The van der Waals surface area contributed by atoms with Gasteiger partial charge < -0.3 is 15.3 Å². The van der Waals surface area contributed by atoms with E-state index in [0.717, 1.165) is 25.9 Å². The second-order valence-corrected chi connectivity index (χ2v) is 6.89. The Hall–Kier alpha value is -0.610. The largest absolute Gasteiger partial charge is 0.395 e. The molecule has 0 aliphatic carbocycles. The van der Waals surface area contributed by atoms with Crippen LogP contribution in [0.3, 0.4) is 0 Å². The topological polar surface area (TPSA) is 52.6 Å². The summed E-state index contributed by atoms with van der Waals surface area (Å²) in [7, 11) is 0. The van der Waals surface area contributed by atoms with Crippen LogP contribution in [0.2, 0.25) is 0 Å². The molecule has 0 aromatic rings. The molecule has 0 saturated carbocycles. The molecule has 0 bridgehead atoms. The highest BCUT2D eigenvalue weighted by atomic mass is 16.3. The van der Waals surface area contributed by atoms with Crippen molar-refractivity contribution in [2.45, 2.75) is 53.0 Å². The molecule has 2 N–H and O–H groups in total. The highest BCUT2D eigenvalue weighted by Crippen LogP contribution is 2.30. The fraction of sp³-hybridized carbons (Fsp3) is 0.933. The number of aliphatic hydroxyl groups is 1. The van der Waals surface area contributed by atoms with E-state index in [1.807, 2.05) is 11.8 Å². The van der Waals surface area contributed by atoms with Crippen molar-refractivity contribution in [2.24, 2.45) is 11.3 Å². The van der Waals surface area contributed by atoms with Crippen LogP contribution in [-0.4, -0.2) is 48.2 Å². The molecule has 1 aliphatic heterocycles. The van der Waals surface area contributed by atoms with Crippen molar-refractivity contribution in [3.8, 4) is 0 Å². The van der Waals surface area contributed by atoms with Gasteiger partial charge in [0.15, 0.2) is 0 Å². The monoisotopic (exact) mass is 270 g/mol. The molecular weight excluding hydrogens is 240 g/mol. The van der Waals surface area contributed by atoms with Crippen LogP contribution in [0.1, 0.15) is 47.0 Å². The van der Waals surface area contributed by atoms with Gasteiger partial charge in [-0.1, -0.05) is 27.7 Å². The maximum Gasteiger partial charge on any atom is 0.222 e. The fourth-order valence-electron chi connectivity index (χ4n) is 3.06. The highest BCUT2D eigenvalue weighted by Gasteiger charge is 2.31. The Kier molecular flexibility index (Phi) is 6.27. The van der Waals surface area contributed by atoms with Crippen LogP contribution < -0.4 is 5.32 Å². The Labute approximate surface area is 117 Å². The maximum absolute atomic E-state index is 11.9. The summed E-state index contributed by atoms with van der Waals surface area (Å²) in [6, 6.07) is 0.323. The molecule has 1 amide bonds. The van der Waals surface area contributed by atoms with Crippen molar-refractivity contribution in [3.05, 3.63) is 0 Å². The van der Waals surface area contributed by atoms with Crippen molar-refractivity contribution in [1.29, 1.82) is 0 Å². The van der Waals surface area contributed by atoms with E-state index in [2.05, 4.69) is 26.1 Å². The third kappa shape index (κ3) is 5.91. The molecule has 1 aliphatic rings. The summed E-state index contributed by atoms with van der Waals surface area (Å²) in [6.07, 6.45) is 2.82. The number of likely N-dealkylation sites (tertiary alicyclic amines) is 1. The molecule has 112 valence electrons. The summed E-state index contributed by atoms with van der Waals surface area (Å²) in [4.78, 5) is 13.9. The summed E-state index contributed by atoms with van der Waals surface area (Å²) in [5.41, 5.74) is 0.296. The zero-order valence-electron chi connectivity index (χ0n) is 12.9. The minimum Gasteiger partial charge on any atom is -0.395 e. The Bertz CT molecular complexity index is 286. The minimum atomic E-state index is 0.155. The normalized spacial score (nSPS) is 24.6. The third-order valence-corrected chi connectivity index (χ3v) is 3.64. The van der Waals surface area contributed by atoms with Gasteiger partial charge in [-0.2, -0.15) is 0 Å². The summed E-state index contributed by atoms with van der Waals surface area (Å²) in [6.45, 7) is 11.1. The van der Waals surface area contributed by atoms with Crippen LogP contribution in [0.25, 0.3) is 0 Å². The standard InChI is InChI=1S/C15H30N2O2/c1-5-14(19)17-10-12(9-15(2,3)4)8-13(11-17)16-6-7-18/h12-13,16,18H,5-11H2,1-4H3. The van der Waals surface area contributed by atoms with E-state index in [4.69, 9.17) is 5.11 Å². The molecule has 0 aromatic heterocycles. The number of nitrogens with one attached hydrogen (secondary N) is 1. The number of amides is 1. The van der Waals surface area contributed by atoms with Crippen molar-refractivity contribution in [2.75, 3.05) is 26.2 Å². The molecule has 0 radical (unpaired) electrons. The van der Waals surface area contributed by atoms with Crippen LogP contribution in [-0.2, 0) is 4.79 Å². The fourth-order valence-corrected chi connectivity index (χ4v) is 3.06. The van der Waals surface area contributed by atoms with Crippen molar-refractivity contribution >= 4 is 5.91 Å². The number of aliphatic hydroxyl groups excluding tert-OH is 1. The first-order valence-electron chi connectivity index (χ1n) is 7.47. The van der Waals surface area contributed by atoms with E-state index in [9.17, 15) is 4.79 Å². The molecule has 4 nitrogen and oxygen atoms in total. The number of rotatable bonds is 5. The minimum absolute atomic E-state index is 0.155. The lowest BCUT2D eigenvalue weighted by Crippen LogP contribution is -2.52.